The van der Waals surface area contributed by atoms with Gasteiger partial charge in [-0.2, -0.15) is 0 Å². The number of hydrogen-bond acceptors (Lipinski definition) is 0. The first kappa shape index (κ1) is 24.1. The number of rotatable bonds is 13. The lowest BCUT2D eigenvalue weighted by molar-refractivity contribution is -0.903. The van der Waals surface area contributed by atoms with Crippen LogP contribution in [0.15, 0.2) is 28.7 Å². The molecule has 24 heavy (non-hydrogen) atoms. The molecule has 0 heterocycles. The van der Waals surface area contributed by atoms with Gasteiger partial charge in [0.1, 0.15) is 6.54 Å². The molecule has 0 saturated carbocycles. The van der Waals surface area contributed by atoms with E-state index >= 15 is 0 Å². The van der Waals surface area contributed by atoms with Crippen molar-refractivity contribution in [2.24, 2.45) is 0 Å². The average molecular weight is 463 g/mol. The van der Waals surface area contributed by atoms with E-state index in [1.807, 2.05) is 0 Å². The van der Waals surface area contributed by atoms with Gasteiger partial charge in [-0.1, -0.05) is 86.4 Å². The summed E-state index contributed by atoms with van der Waals surface area (Å²) in [7, 11) is 4.71. The molecule has 0 aliphatic carbocycles. The Morgan fingerprint density at radius 2 is 1.21 bits per heavy atom. The molecule has 0 atom stereocenters. The zero-order chi connectivity index (χ0) is 17.0. The highest BCUT2D eigenvalue weighted by Crippen LogP contribution is 2.16. The topological polar surface area (TPSA) is 0 Å². The van der Waals surface area contributed by atoms with Gasteiger partial charge in [-0.15, -0.1) is 0 Å². The predicted molar refractivity (Wildman–Crippen MR) is 107 cm³/mol. The fourth-order valence-electron chi connectivity index (χ4n) is 3.19. The molecule has 1 aromatic carbocycles. The van der Waals surface area contributed by atoms with Crippen LogP contribution in [-0.4, -0.2) is 25.1 Å². The maximum atomic E-state index is 3.51. The van der Waals surface area contributed by atoms with Crippen molar-refractivity contribution in [2.45, 2.75) is 77.7 Å². The number of unbranched alkanes of at least 4 members (excludes halogenated alkanes) is 9. The van der Waals surface area contributed by atoms with Gasteiger partial charge in [0, 0.05) is 10.0 Å². The lowest BCUT2D eigenvalue weighted by atomic mass is 10.1. The van der Waals surface area contributed by atoms with Crippen molar-refractivity contribution in [2.75, 3.05) is 20.6 Å². The van der Waals surface area contributed by atoms with Crippen molar-refractivity contribution < 1.29 is 21.5 Å². The molecule has 0 radical (unpaired) electrons. The number of hydrogen-bond donors (Lipinski definition) is 0. The van der Waals surface area contributed by atoms with Crippen molar-refractivity contribution in [3.63, 3.8) is 0 Å². The summed E-state index contributed by atoms with van der Waals surface area (Å²) in [6.45, 7) is 4.70. The van der Waals surface area contributed by atoms with Crippen LogP contribution in [0, 0.1) is 0 Å². The predicted octanol–water partition coefficient (Wildman–Crippen LogP) is 3.95. The van der Waals surface area contributed by atoms with Crippen LogP contribution in [0.2, 0.25) is 0 Å². The SMILES string of the molecule is CCCCCCCCCCCC[N+](C)(C)Cc1ccc(Br)cc1.[Br-]. The number of benzene rings is 1. The molecule has 0 unspecified atom stereocenters. The second-order valence-electron chi connectivity index (χ2n) is 7.63. The zero-order valence-corrected chi connectivity index (χ0v) is 19.2. The highest BCUT2D eigenvalue weighted by Gasteiger charge is 2.15. The Labute approximate surface area is 169 Å². The van der Waals surface area contributed by atoms with Crippen molar-refractivity contribution in [3.8, 4) is 0 Å². The molecule has 140 valence electrons. The summed E-state index contributed by atoms with van der Waals surface area (Å²) >= 11 is 3.51. The van der Waals surface area contributed by atoms with Crippen LogP contribution >= 0.6 is 15.9 Å². The molecule has 1 nitrogen and oxygen atoms in total. The van der Waals surface area contributed by atoms with E-state index in [0.717, 1.165) is 11.0 Å². The van der Waals surface area contributed by atoms with Crippen molar-refractivity contribution in [1.29, 1.82) is 0 Å². The molecule has 0 amide bonds. The van der Waals surface area contributed by atoms with E-state index in [4.69, 9.17) is 0 Å². The maximum Gasteiger partial charge on any atom is 0.104 e. The second kappa shape index (κ2) is 14.3. The van der Waals surface area contributed by atoms with E-state index in [1.54, 1.807) is 0 Å². The van der Waals surface area contributed by atoms with Gasteiger partial charge in [-0.05, 0) is 25.0 Å². The Morgan fingerprint density at radius 1 is 0.750 bits per heavy atom. The third-order valence-electron chi connectivity index (χ3n) is 4.64. The third-order valence-corrected chi connectivity index (χ3v) is 5.17. The first-order chi connectivity index (χ1) is 11.0. The monoisotopic (exact) mass is 461 g/mol. The van der Waals surface area contributed by atoms with Gasteiger partial charge >= 0.3 is 0 Å². The Hall–Kier alpha value is 0.140. The molecular weight excluding hydrogens is 426 g/mol. The molecule has 0 aromatic heterocycles. The van der Waals surface area contributed by atoms with Crippen LogP contribution in [0.3, 0.4) is 0 Å². The minimum atomic E-state index is 0. The van der Waals surface area contributed by atoms with Crippen LogP contribution in [-0.2, 0) is 6.54 Å². The lowest BCUT2D eigenvalue weighted by Gasteiger charge is -2.30. The van der Waals surface area contributed by atoms with E-state index in [2.05, 4.69) is 61.2 Å². The van der Waals surface area contributed by atoms with Crippen molar-refractivity contribution in [1.82, 2.24) is 0 Å². The van der Waals surface area contributed by atoms with Crippen LogP contribution in [0.1, 0.15) is 76.7 Å². The summed E-state index contributed by atoms with van der Waals surface area (Å²) in [6.07, 6.45) is 14.2. The first-order valence-electron chi connectivity index (χ1n) is 9.60. The summed E-state index contributed by atoms with van der Waals surface area (Å²) < 4.78 is 2.26. The molecule has 0 aliphatic rings. The van der Waals surface area contributed by atoms with Crippen LogP contribution in [0.25, 0.3) is 0 Å². The molecule has 1 aromatic rings. The lowest BCUT2D eigenvalue weighted by Crippen LogP contribution is -3.00. The third kappa shape index (κ3) is 12.5. The van der Waals surface area contributed by atoms with Gasteiger partial charge in [-0.3, -0.25) is 0 Å². The standard InChI is InChI=1S/C21H37BrN.BrH/c1-4-5-6-7-8-9-10-11-12-13-18-23(2,3)19-20-14-16-21(22)17-15-20;/h14-17H,4-13,18-19H2,1-3H3;1H/q+1;/p-1. The Balaban J connectivity index is 0.00000529. The molecular formula is C21H37Br2N. The smallest absolute Gasteiger partial charge is 0.104 e. The van der Waals surface area contributed by atoms with Crippen molar-refractivity contribution >= 4 is 15.9 Å². The van der Waals surface area contributed by atoms with Gasteiger partial charge in [0.15, 0.2) is 0 Å². The summed E-state index contributed by atoms with van der Waals surface area (Å²) in [6, 6.07) is 8.77. The van der Waals surface area contributed by atoms with Crippen molar-refractivity contribution in [3.05, 3.63) is 34.3 Å². The van der Waals surface area contributed by atoms with E-state index in [9.17, 15) is 0 Å². The second-order valence-corrected chi connectivity index (χ2v) is 8.54. The van der Waals surface area contributed by atoms with Crippen LogP contribution in [0.4, 0.5) is 0 Å². The highest BCUT2D eigenvalue weighted by molar-refractivity contribution is 9.10. The molecule has 0 N–H and O–H groups in total. The minimum absolute atomic E-state index is 0. The molecule has 0 saturated heterocycles. The number of nitrogens with zero attached hydrogens (tertiary/aromatic N) is 1. The molecule has 1 rings (SSSR count). The summed E-state index contributed by atoms with van der Waals surface area (Å²) in [5.74, 6) is 0. The largest absolute Gasteiger partial charge is 1.00 e. The number of quaternary nitrogens is 1. The summed E-state index contributed by atoms with van der Waals surface area (Å²) in [5, 5.41) is 0. The summed E-state index contributed by atoms with van der Waals surface area (Å²) in [5.41, 5.74) is 1.44. The first-order valence-corrected chi connectivity index (χ1v) is 10.4. The van der Waals surface area contributed by atoms with E-state index < -0.39 is 0 Å². The van der Waals surface area contributed by atoms with E-state index in [1.165, 1.54) is 80.8 Å². The molecule has 3 heteroatoms. The normalized spacial score (nSPS) is 11.3. The zero-order valence-electron chi connectivity index (χ0n) is 16.0. The van der Waals surface area contributed by atoms with Crippen LogP contribution in [0.5, 0.6) is 0 Å². The van der Waals surface area contributed by atoms with E-state index in [0.29, 0.717) is 0 Å². The number of halogens is 2. The summed E-state index contributed by atoms with van der Waals surface area (Å²) in [4.78, 5) is 0. The van der Waals surface area contributed by atoms with E-state index in [-0.39, 0.29) is 17.0 Å². The average Bonchev–Trinajstić information content (AvgIpc) is 2.51. The molecule has 0 spiro atoms. The van der Waals surface area contributed by atoms with Gasteiger partial charge in [-0.25, -0.2) is 0 Å². The van der Waals surface area contributed by atoms with Gasteiger partial charge in [0.05, 0.1) is 20.6 Å². The molecule has 0 aliphatic heterocycles. The Kier molecular flexibility index (Phi) is 14.4. The van der Waals surface area contributed by atoms with Crippen LogP contribution < -0.4 is 17.0 Å². The molecule has 0 fully saturated rings. The minimum Gasteiger partial charge on any atom is -1.00 e. The Bertz CT molecular complexity index is 401. The Morgan fingerprint density at radius 3 is 1.71 bits per heavy atom. The molecule has 0 bridgehead atoms. The highest BCUT2D eigenvalue weighted by atomic mass is 79.9. The van der Waals surface area contributed by atoms with Gasteiger partial charge in [0.2, 0.25) is 0 Å². The maximum absolute atomic E-state index is 3.51. The quantitative estimate of drug-likeness (QED) is 0.307. The van der Waals surface area contributed by atoms with Gasteiger partial charge in [0.25, 0.3) is 0 Å². The fraction of sp³-hybridized carbons (Fsp3) is 0.714. The van der Waals surface area contributed by atoms with Gasteiger partial charge < -0.3 is 21.5 Å². The fourth-order valence-corrected chi connectivity index (χ4v) is 3.45.